The van der Waals surface area contributed by atoms with Gasteiger partial charge in [-0.25, -0.2) is 9.37 Å². The van der Waals surface area contributed by atoms with Gasteiger partial charge in [0.05, 0.1) is 12.5 Å². The molecule has 0 aliphatic heterocycles. The second kappa shape index (κ2) is 10.2. The Morgan fingerprint density at radius 3 is 2.49 bits per heavy atom. The van der Waals surface area contributed by atoms with E-state index in [1.807, 2.05) is 69.4 Å². The van der Waals surface area contributed by atoms with Gasteiger partial charge in [-0.2, -0.15) is 5.10 Å². The van der Waals surface area contributed by atoms with E-state index in [0.717, 1.165) is 28.9 Å². The number of carbonyl (C=O) groups excluding carboxylic acids is 1. The lowest BCUT2D eigenvalue weighted by Crippen LogP contribution is -2.07. The number of carbonyl (C=O) groups is 1. The third-order valence-corrected chi connectivity index (χ3v) is 7.53. The Kier molecular flexibility index (Phi) is 6.54. The van der Waals surface area contributed by atoms with Crippen LogP contribution in [0.1, 0.15) is 54.3 Å². The molecule has 39 heavy (non-hydrogen) atoms. The maximum atomic E-state index is 15.0. The van der Waals surface area contributed by atoms with E-state index < -0.39 is 6.10 Å². The first-order valence-corrected chi connectivity index (χ1v) is 13.3. The molecule has 0 amide bonds. The zero-order valence-corrected chi connectivity index (χ0v) is 22.2. The summed E-state index contributed by atoms with van der Waals surface area (Å²) in [5.41, 5.74) is 3.37. The quantitative estimate of drug-likeness (QED) is 0.245. The number of ether oxygens (including phenoxy) is 3. The van der Waals surface area contributed by atoms with E-state index in [-0.39, 0.29) is 23.6 Å². The predicted molar refractivity (Wildman–Crippen MR) is 143 cm³/mol. The van der Waals surface area contributed by atoms with Gasteiger partial charge in [-0.05, 0) is 93.1 Å². The van der Waals surface area contributed by atoms with Crippen molar-refractivity contribution in [2.45, 2.75) is 45.1 Å². The van der Waals surface area contributed by atoms with Crippen LogP contribution in [0.4, 0.5) is 4.39 Å². The van der Waals surface area contributed by atoms with Gasteiger partial charge in [-0.1, -0.05) is 12.1 Å². The van der Waals surface area contributed by atoms with Gasteiger partial charge in [0.25, 0.3) is 0 Å². The highest BCUT2D eigenvalue weighted by Crippen LogP contribution is 2.49. The lowest BCUT2D eigenvalue weighted by molar-refractivity contribution is -0.144. The lowest BCUT2D eigenvalue weighted by Gasteiger charge is -2.17. The molecule has 6 rings (SSSR count). The number of aryl methyl sites for hydroxylation is 2. The summed E-state index contributed by atoms with van der Waals surface area (Å²) in [6.45, 7) is 4.13. The summed E-state index contributed by atoms with van der Waals surface area (Å²) in [5.74, 6) is 3.17. The summed E-state index contributed by atoms with van der Waals surface area (Å²) >= 11 is 0. The number of halogens is 1. The number of benzene rings is 3. The Hall–Kier alpha value is -4.20. The fraction of sp³-hybridized carbons (Fsp3) is 0.323. The molecule has 1 heterocycles. The van der Waals surface area contributed by atoms with Crippen molar-refractivity contribution in [1.82, 2.24) is 14.8 Å². The van der Waals surface area contributed by atoms with Crippen LogP contribution in [-0.2, 0) is 23.0 Å². The molecule has 4 aromatic rings. The first-order chi connectivity index (χ1) is 18.9. The van der Waals surface area contributed by atoms with E-state index in [0.29, 0.717) is 48.1 Å². The van der Waals surface area contributed by atoms with Gasteiger partial charge in [-0.3, -0.25) is 9.48 Å². The topological polar surface area (TPSA) is 75.5 Å². The van der Waals surface area contributed by atoms with Crippen LogP contribution >= 0.6 is 0 Å². The van der Waals surface area contributed by atoms with Crippen LogP contribution in [0.15, 0.2) is 60.7 Å². The summed E-state index contributed by atoms with van der Waals surface area (Å²) < 4.78 is 34.3. The normalized spacial score (nSPS) is 19.4. The van der Waals surface area contributed by atoms with Crippen molar-refractivity contribution in [3.63, 3.8) is 0 Å². The molecule has 2 aliphatic carbocycles. The Morgan fingerprint density at radius 1 is 1.05 bits per heavy atom. The van der Waals surface area contributed by atoms with Crippen molar-refractivity contribution >= 4 is 5.97 Å². The van der Waals surface area contributed by atoms with E-state index in [4.69, 9.17) is 14.2 Å². The number of hydrogen-bond donors (Lipinski definition) is 0. The third kappa shape index (κ3) is 4.99. The number of hydrogen-bond acceptors (Lipinski definition) is 6. The molecular formula is C31H30FN3O4. The summed E-state index contributed by atoms with van der Waals surface area (Å²) in [6.07, 6.45) is 1.73. The number of nitrogens with zero attached hydrogens (tertiary/aromatic N) is 3. The average Bonchev–Trinajstić information content (AvgIpc) is 3.52. The second-order valence-electron chi connectivity index (χ2n) is 10.1. The van der Waals surface area contributed by atoms with Gasteiger partial charge in [0.15, 0.2) is 5.82 Å². The molecule has 1 fully saturated rings. The summed E-state index contributed by atoms with van der Waals surface area (Å²) in [7, 11) is 1.86. The zero-order chi connectivity index (χ0) is 27.1. The maximum Gasteiger partial charge on any atom is 0.309 e. The summed E-state index contributed by atoms with van der Waals surface area (Å²) in [6, 6.07) is 18.4. The minimum Gasteiger partial charge on any atom is -0.486 e. The molecule has 0 bridgehead atoms. The molecule has 0 N–H and O–H groups in total. The SMILES string of the molecule is CCOC(=O)[C@H]1C[C@@H]1c1ccc(O[C@@H]2CCc3c(Oc4ccc(-c5nc(C)n(C)n5)cc4)ccc(F)c32)cc1. The Balaban J connectivity index is 1.14. The summed E-state index contributed by atoms with van der Waals surface area (Å²) in [4.78, 5) is 16.4. The van der Waals surface area contributed by atoms with E-state index in [2.05, 4.69) is 10.1 Å². The highest BCUT2D eigenvalue weighted by molar-refractivity contribution is 5.77. The average molecular weight is 528 g/mol. The van der Waals surface area contributed by atoms with Crippen molar-refractivity contribution in [3.05, 3.63) is 89.0 Å². The molecule has 2 aliphatic rings. The van der Waals surface area contributed by atoms with Crippen LogP contribution in [0, 0.1) is 18.7 Å². The first kappa shape index (κ1) is 25.1. The minimum atomic E-state index is -0.400. The Morgan fingerprint density at radius 2 is 1.79 bits per heavy atom. The molecule has 1 aromatic heterocycles. The number of aromatic nitrogens is 3. The molecule has 0 radical (unpaired) electrons. The molecular weight excluding hydrogens is 497 g/mol. The van der Waals surface area contributed by atoms with Gasteiger partial charge in [0.1, 0.15) is 35.0 Å². The molecule has 200 valence electrons. The Bertz CT molecular complexity index is 1490. The molecule has 7 nitrogen and oxygen atoms in total. The van der Waals surface area contributed by atoms with E-state index in [9.17, 15) is 4.79 Å². The fourth-order valence-corrected chi connectivity index (χ4v) is 5.27. The number of esters is 1. The van der Waals surface area contributed by atoms with Gasteiger partial charge in [0.2, 0.25) is 0 Å². The smallest absolute Gasteiger partial charge is 0.309 e. The predicted octanol–water partition coefficient (Wildman–Crippen LogP) is 6.45. The Labute approximate surface area is 226 Å². The molecule has 8 heteroatoms. The highest BCUT2D eigenvalue weighted by atomic mass is 19.1. The van der Waals surface area contributed by atoms with Gasteiger partial charge in [0, 0.05) is 23.7 Å². The molecule has 0 saturated heterocycles. The molecule has 0 unspecified atom stereocenters. The lowest BCUT2D eigenvalue weighted by atomic mass is 10.1. The second-order valence-corrected chi connectivity index (χ2v) is 10.1. The zero-order valence-electron chi connectivity index (χ0n) is 22.2. The maximum absolute atomic E-state index is 15.0. The van der Waals surface area contributed by atoms with Crippen LogP contribution in [0.25, 0.3) is 11.4 Å². The molecule has 3 aromatic carbocycles. The standard InChI is InChI=1S/C31H30FN3O4/c1-4-37-31(36)25-17-24(25)19-5-9-22(10-6-19)39-28-15-13-23-27(16-14-26(32)29(23)28)38-21-11-7-20(8-12-21)30-33-18(2)35(3)34-30/h5-12,14,16,24-25,28H,4,13,15,17H2,1-3H3/t24-,25+,28-/m1/s1. The molecule has 3 atom stereocenters. The van der Waals surface area contributed by atoms with Gasteiger partial charge >= 0.3 is 5.97 Å². The van der Waals surface area contributed by atoms with Crippen molar-refractivity contribution in [3.8, 4) is 28.6 Å². The van der Waals surface area contributed by atoms with Crippen LogP contribution < -0.4 is 9.47 Å². The van der Waals surface area contributed by atoms with Crippen molar-refractivity contribution in [2.75, 3.05) is 6.61 Å². The minimum absolute atomic E-state index is 0.0574. The summed E-state index contributed by atoms with van der Waals surface area (Å²) in [5, 5.41) is 4.42. The third-order valence-electron chi connectivity index (χ3n) is 7.53. The van der Waals surface area contributed by atoms with Gasteiger partial charge < -0.3 is 14.2 Å². The van der Waals surface area contributed by atoms with Crippen molar-refractivity contribution < 1.29 is 23.4 Å². The first-order valence-electron chi connectivity index (χ1n) is 13.3. The van der Waals surface area contributed by atoms with E-state index in [1.165, 1.54) is 6.07 Å². The van der Waals surface area contributed by atoms with E-state index in [1.54, 1.807) is 10.7 Å². The number of fused-ring (bicyclic) bond motifs is 1. The van der Waals surface area contributed by atoms with Crippen LogP contribution in [0.5, 0.6) is 17.2 Å². The largest absolute Gasteiger partial charge is 0.486 e. The van der Waals surface area contributed by atoms with E-state index >= 15 is 4.39 Å². The van der Waals surface area contributed by atoms with Crippen LogP contribution in [0.2, 0.25) is 0 Å². The van der Waals surface area contributed by atoms with Crippen LogP contribution in [-0.4, -0.2) is 27.3 Å². The fourth-order valence-electron chi connectivity index (χ4n) is 5.27. The molecule has 0 spiro atoms. The van der Waals surface area contributed by atoms with Crippen LogP contribution in [0.3, 0.4) is 0 Å². The molecule has 1 saturated carbocycles. The van der Waals surface area contributed by atoms with Gasteiger partial charge in [-0.15, -0.1) is 0 Å². The number of rotatable bonds is 8. The van der Waals surface area contributed by atoms with Crippen molar-refractivity contribution in [2.24, 2.45) is 13.0 Å². The highest BCUT2D eigenvalue weighted by Gasteiger charge is 2.45. The van der Waals surface area contributed by atoms with Crippen molar-refractivity contribution in [1.29, 1.82) is 0 Å². The monoisotopic (exact) mass is 527 g/mol.